The van der Waals surface area contributed by atoms with Gasteiger partial charge in [-0.1, -0.05) is 6.42 Å². The van der Waals surface area contributed by atoms with Gasteiger partial charge in [0.05, 0.1) is 11.7 Å². The molecule has 3 N–H and O–H groups in total. The molecule has 2 fully saturated rings. The fourth-order valence-corrected chi connectivity index (χ4v) is 3.63. The van der Waals surface area contributed by atoms with Crippen LogP contribution in [0.15, 0.2) is 24.3 Å². The van der Waals surface area contributed by atoms with Crippen LogP contribution in [0.2, 0.25) is 0 Å². The molecule has 1 saturated carbocycles. The highest BCUT2D eigenvalue weighted by Crippen LogP contribution is 2.34. The van der Waals surface area contributed by atoms with Gasteiger partial charge in [-0.05, 0) is 49.9 Å². The molecule has 1 aromatic carbocycles. The van der Waals surface area contributed by atoms with E-state index in [1.807, 2.05) is 0 Å². The van der Waals surface area contributed by atoms with Gasteiger partial charge in [0.1, 0.15) is 5.75 Å². The minimum Gasteiger partial charge on any atom is -0.406 e. The van der Waals surface area contributed by atoms with Crippen molar-refractivity contribution in [3.05, 3.63) is 24.3 Å². The number of rotatable bonds is 4. The number of carbonyl (C=O) groups is 2. The van der Waals surface area contributed by atoms with E-state index in [4.69, 9.17) is 0 Å². The van der Waals surface area contributed by atoms with Crippen molar-refractivity contribution in [2.75, 3.05) is 4.90 Å². The lowest BCUT2D eigenvalue weighted by atomic mass is 9.93. The number of hydrogen-bond donors (Lipinski definition) is 2. The zero-order valence-electron chi connectivity index (χ0n) is 14.9. The molecule has 3 rings (SSSR count). The molecule has 12 heteroatoms. The smallest absolute Gasteiger partial charge is 0.406 e. The normalized spacial score (nSPS) is 24.0. The molecule has 3 amide bonds. The average molecular weight is 426 g/mol. The second kappa shape index (κ2) is 7.39. The van der Waals surface area contributed by atoms with Crippen LogP contribution < -0.4 is 20.3 Å². The van der Waals surface area contributed by atoms with Crippen molar-refractivity contribution in [1.82, 2.24) is 5.32 Å². The lowest BCUT2D eigenvalue weighted by Gasteiger charge is -2.32. The van der Waals surface area contributed by atoms with Crippen molar-refractivity contribution in [2.24, 2.45) is 0 Å². The first-order valence-corrected chi connectivity index (χ1v) is 8.88. The van der Waals surface area contributed by atoms with Gasteiger partial charge in [-0.2, -0.15) is 13.2 Å². The van der Waals surface area contributed by atoms with Crippen LogP contribution in [0.25, 0.3) is 0 Å². The molecule has 0 spiro atoms. The number of nitrogens with two attached hydrogens (primary N) is 1. The molecular weight excluding hydrogens is 408 g/mol. The summed E-state index contributed by atoms with van der Waals surface area (Å²) in [6.07, 6.45) is -6.74. The van der Waals surface area contributed by atoms with E-state index in [9.17, 15) is 35.9 Å². The highest BCUT2D eigenvalue weighted by atomic mass is 19.4. The Morgan fingerprint density at radius 3 is 2.10 bits per heavy atom. The zero-order valence-corrected chi connectivity index (χ0v) is 14.9. The summed E-state index contributed by atoms with van der Waals surface area (Å²) in [6, 6.07) is 1.64. The molecular formula is C17H18F6N3O3+. The maximum atomic E-state index is 13.9. The highest BCUT2D eigenvalue weighted by Gasteiger charge is 2.72. The Labute approximate surface area is 161 Å². The van der Waals surface area contributed by atoms with Gasteiger partial charge in [0.2, 0.25) is 0 Å². The van der Waals surface area contributed by atoms with Crippen LogP contribution in [0.4, 0.5) is 36.8 Å². The summed E-state index contributed by atoms with van der Waals surface area (Å²) < 4.78 is 82.1. The van der Waals surface area contributed by atoms with E-state index < -0.39 is 41.9 Å². The van der Waals surface area contributed by atoms with Gasteiger partial charge in [0, 0.05) is 0 Å². The Morgan fingerprint density at radius 2 is 1.59 bits per heavy atom. The summed E-state index contributed by atoms with van der Waals surface area (Å²) in [7, 11) is 0. The molecule has 1 atom stereocenters. The minimum absolute atomic E-state index is 0.282. The predicted octanol–water partition coefficient (Wildman–Crippen LogP) is 2.80. The number of nitrogens with zero attached hydrogens (tertiary/aromatic N) is 1. The maximum absolute atomic E-state index is 13.9. The summed E-state index contributed by atoms with van der Waals surface area (Å²) in [5, 5.41) is 2.61. The molecule has 2 aliphatic rings. The molecule has 0 radical (unpaired) electrons. The van der Waals surface area contributed by atoms with Crippen molar-refractivity contribution in [3.8, 4) is 5.75 Å². The maximum Gasteiger partial charge on any atom is 0.573 e. The van der Waals surface area contributed by atoms with E-state index in [1.165, 1.54) is 0 Å². The standard InChI is InChI=1S/C17H17F6N3O3/c18-16(19,20)15(24-10-4-2-1-3-5-10)13(27)26(14(28)25-15)11-6-8-12(9-7-11)29-17(21,22)23/h6-10,24H,1-5H2,(H,25,28)/p+1/t15-/m0/s1. The average Bonchev–Trinajstić information content (AvgIpc) is 2.86. The summed E-state index contributed by atoms with van der Waals surface area (Å²) in [5.41, 5.74) is -3.47. The van der Waals surface area contributed by atoms with E-state index in [2.05, 4.69) is 4.74 Å². The molecule has 1 aromatic rings. The van der Waals surface area contributed by atoms with Gasteiger partial charge < -0.3 is 10.1 Å². The molecule has 29 heavy (non-hydrogen) atoms. The number of benzene rings is 1. The second-order valence-corrected chi connectivity index (χ2v) is 6.98. The van der Waals surface area contributed by atoms with Crippen molar-refractivity contribution >= 4 is 17.6 Å². The third-order valence-corrected chi connectivity index (χ3v) is 4.96. The van der Waals surface area contributed by atoms with Crippen molar-refractivity contribution < 1.29 is 46.0 Å². The Morgan fingerprint density at radius 1 is 1.00 bits per heavy atom. The lowest BCUT2D eigenvalue weighted by molar-refractivity contribution is -0.770. The number of anilines is 1. The number of nitrogens with one attached hydrogen (secondary N) is 1. The fraction of sp³-hybridized carbons (Fsp3) is 0.529. The van der Waals surface area contributed by atoms with Gasteiger partial charge in [0.15, 0.2) is 0 Å². The SMILES string of the molecule is O=C1N[C@]([NH2+]C2CCCCC2)(C(F)(F)F)C(=O)N1c1ccc(OC(F)(F)F)cc1. The molecule has 160 valence electrons. The fourth-order valence-electron chi connectivity index (χ4n) is 3.63. The summed E-state index contributed by atoms with van der Waals surface area (Å²) in [5.74, 6) is -2.17. The molecule has 0 unspecified atom stereocenters. The van der Waals surface area contributed by atoms with Crippen LogP contribution in [0.5, 0.6) is 5.75 Å². The number of alkyl halides is 6. The number of ether oxygens (including phenoxy) is 1. The van der Waals surface area contributed by atoms with Gasteiger partial charge in [-0.25, -0.2) is 9.69 Å². The van der Waals surface area contributed by atoms with Crippen LogP contribution in [0.1, 0.15) is 32.1 Å². The number of imide groups is 1. The third kappa shape index (κ3) is 4.26. The van der Waals surface area contributed by atoms with Crippen molar-refractivity contribution in [2.45, 2.75) is 56.3 Å². The minimum atomic E-state index is -5.08. The number of carbonyl (C=O) groups excluding carboxylic acids is 2. The second-order valence-electron chi connectivity index (χ2n) is 6.98. The summed E-state index contributed by atoms with van der Waals surface area (Å²) >= 11 is 0. The van der Waals surface area contributed by atoms with Crippen LogP contribution in [-0.4, -0.2) is 36.2 Å². The van der Waals surface area contributed by atoms with Crippen molar-refractivity contribution in [1.29, 1.82) is 0 Å². The van der Waals surface area contributed by atoms with Gasteiger partial charge >= 0.3 is 30.1 Å². The molecule has 0 bridgehead atoms. The molecule has 1 aliphatic heterocycles. The van der Waals surface area contributed by atoms with E-state index in [-0.39, 0.29) is 10.6 Å². The number of quaternary nitrogens is 1. The van der Waals surface area contributed by atoms with Crippen LogP contribution in [0, 0.1) is 0 Å². The van der Waals surface area contributed by atoms with Crippen molar-refractivity contribution in [3.63, 3.8) is 0 Å². The first-order valence-electron chi connectivity index (χ1n) is 8.88. The van der Waals surface area contributed by atoms with E-state index in [1.54, 1.807) is 5.32 Å². The topological polar surface area (TPSA) is 75.2 Å². The monoisotopic (exact) mass is 426 g/mol. The van der Waals surface area contributed by atoms with Crippen LogP contribution in [0.3, 0.4) is 0 Å². The third-order valence-electron chi connectivity index (χ3n) is 4.96. The van der Waals surface area contributed by atoms with E-state index in [0.717, 1.165) is 48.8 Å². The molecule has 0 aromatic heterocycles. The number of amides is 3. The van der Waals surface area contributed by atoms with Gasteiger partial charge in [0.25, 0.3) is 0 Å². The first kappa shape index (κ1) is 21.2. The van der Waals surface area contributed by atoms with Crippen LogP contribution in [-0.2, 0) is 4.79 Å². The van der Waals surface area contributed by atoms with Gasteiger partial charge in [-0.15, -0.1) is 13.2 Å². The predicted molar refractivity (Wildman–Crippen MR) is 86.7 cm³/mol. The lowest BCUT2D eigenvalue weighted by Crippen LogP contribution is -3.08. The molecule has 1 heterocycles. The molecule has 1 aliphatic carbocycles. The highest BCUT2D eigenvalue weighted by molar-refractivity contribution is 6.22. The number of hydrogen-bond acceptors (Lipinski definition) is 3. The van der Waals surface area contributed by atoms with E-state index >= 15 is 0 Å². The Kier molecular flexibility index (Phi) is 5.41. The number of halogens is 6. The van der Waals surface area contributed by atoms with E-state index in [0.29, 0.717) is 12.8 Å². The Hall–Kier alpha value is -2.50. The Balaban J connectivity index is 1.87. The molecule has 6 nitrogen and oxygen atoms in total. The van der Waals surface area contributed by atoms with Crippen LogP contribution >= 0.6 is 0 Å². The summed E-state index contributed by atoms with van der Waals surface area (Å²) in [4.78, 5) is 25.3. The summed E-state index contributed by atoms with van der Waals surface area (Å²) in [6.45, 7) is 0. The quantitative estimate of drug-likeness (QED) is 0.575. The first-order chi connectivity index (χ1) is 13.4. The zero-order chi connectivity index (χ0) is 21.4. The van der Waals surface area contributed by atoms with Gasteiger partial charge in [-0.3, -0.25) is 10.1 Å². The molecule has 1 saturated heterocycles. The Bertz CT molecular complexity index is 774. The number of urea groups is 1. The largest absolute Gasteiger partial charge is 0.573 e.